The zero-order chi connectivity index (χ0) is 18.9. The minimum Gasteiger partial charge on any atom is -0.304 e. The van der Waals surface area contributed by atoms with E-state index in [0.717, 1.165) is 5.56 Å². The van der Waals surface area contributed by atoms with Gasteiger partial charge in [0.25, 0.3) is 11.6 Å². The van der Waals surface area contributed by atoms with Crippen LogP contribution in [-0.2, 0) is 9.84 Å². The SMILES string of the molecule is Cc1cccc(N(C(=O)c2ccc([N+](=O)[O-])cc2)C2CCS(=O)(=O)C2)c1. The maximum Gasteiger partial charge on any atom is 0.269 e. The molecule has 0 N–H and O–H groups in total. The van der Waals surface area contributed by atoms with Gasteiger partial charge in [-0.2, -0.15) is 0 Å². The Hall–Kier alpha value is -2.74. The largest absolute Gasteiger partial charge is 0.304 e. The van der Waals surface area contributed by atoms with E-state index in [4.69, 9.17) is 0 Å². The molecule has 1 aliphatic heterocycles. The van der Waals surface area contributed by atoms with E-state index in [1.54, 1.807) is 6.07 Å². The van der Waals surface area contributed by atoms with Gasteiger partial charge in [0.2, 0.25) is 0 Å². The van der Waals surface area contributed by atoms with E-state index in [-0.39, 0.29) is 28.7 Å². The number of hydrogen-bond acceptors (Lipinski definition) is 5. The Morgan fingerprint density at radius 3 is 2.42 bits per heavy atom. The number of anilines is 1. The number of non-ortho nitro benzene ring substituents is 1. The van der Waals surface area contributed by atoms with Crippen molar-refractivity contribution in [2.75, 3.05) is 16.4 Å². The van der Waals surface area contributed by atoms with Crippen molar-refractivity contribution in [3.8, 4) is 0 Å². The third kappa shape index (κ3) is 3.75. The number of nitrogens with zero attached hydrogens (tertiary/aromatic N) is 2. The first-order valence-electron chi connectivity index (χ1n) is 8.12. The van der Waals surface area contributed by atoms with Crippen LogP contribution in [0, 0.1) is 17.0 Å². The minimum absolute atomic E-state index is 0.0491. The van der Waals surface area contributed by atoms with Gasteiger partial charge in [-0.05, 0) is 43.2 Å². The highest BCUT2D eigenvalue weighted by Crippen LogP contribution is 2.27. The van der Waals surface area contributed by atoms with E-state index < -0.39 is 20.8 Å². The van der Waals surface area contributed by atoms with Gasteiger partial charge < -0.3 is 4.90 Å². The maximum absolute atomic E-state index is 13.1. The molecule has 1 heterocycles. The Morgan fingerprint density at radius 2 is 1.88 bits per heavy atom. The molecule has 1 amide bonds. The molecule has 0 aliphatic carbocycles. The highest BCUT2D eigenvalue weighted by molar-refractivity contribution is 7.91. The molecular formula is C18H18N2O5S. The summed E-state index contributed by atoms with van der Waals surface area (Å²) in [6, 6.07) is 12.2. The van der Waals surface area contributed by atoms with Crippen molar-refractivity contribution < 1.29 is 18.1 Å². The van der Waals surface area contributed by atoms with E-state index in [1.807, 2.05) is 25.1 Å². The van der Waals surface area contributed by atoms with Crippen LogP contribution in [0.15, 0.2) is 48.5 Å². The summed E-state index contributed by atoms with van der Waals surface area (Å²) in [6.45, 7) is 1.89. The van der Waals surface area contributed by atoms with Crippen molar-refractivity contribution in [2.45, 2.75) is 19.4 Å². The van der Waals surface area contributed by atoms with Crippen LogP contribution in [0.3, 0.4) is 0 Å². The van der Waals surface area contributed by atoms with E-state index in [1.165, 1.54) is 29.2 Å². The van der Waals surface area contributed by atoms with Crippen LogP contribution in [0.4, 0.5) is 11.4 Å². The molecule has 0 spiro atoms. The van der Waals surface area contributed by atoms with Gasteiger partial charge >= 0.3 is 0 Å². The summed E-state index contributed by atoms with van der Waals surface area (Å²) in [5, 5.41) is 10.8. The summed E-state index contributed by atoms with van der Waals surface area (Å²) >= 11 is 0. The first-order chi connectivity index (χ1) is 12.3. The Labute approximate surface area is 151 Å². The van der Waals surface area contributed by atoms with Gasteiger partial charge in [-0.3, -0.25) is 14.9 Å². The number of carbonyl (C=O) groups excluding carboxylic acids is 1. The zero-order valence-electron chi connectivity index (χ0n) is 14.2. The van der Waals surface area contributed by atoms with E-state index in [2.05, 4.69) is 0 Å². The summed E-state index contributed by atoms with van der Waals surface area (Å²) in [5.74, 6) is -0.403. The number of carbonyl (C=O) groups is 1. The molecule has 136 valence electrons. The number of benzene rings is 2. The number of rotatable bonds is 4. The Bertz CT molecular complexity index is 954. The topological polar surface area (TPSA) is 97.6 Å². The quantitative estimate of drug-likeness (QED) is 0.605. The van der Waals surface area contributed by atoms with Crippen molar-refractivity contribution in [3.63, 3.8) is 0 Å². The summed E-state index contributed by atoms with van der Waals surface area (Å²) in [6.07, 6.45) is 0.370. The Morgan fingerprint density at radius 1 is 1.19 bits per heavy atom. The predicted octanol–water partition coefficient (Wildman–Crippen LogP) is 2.74. The zero-order valence-corrected chi connectivity index (χ0v) is 15.0. The van der Waals surface area contributed by atoms with E-state index in [0.29, 0.717) is 12.1 Å². The highest BCUT2D eigenvalue weighted by Gasteiger charge is 2.36. The predicted molar refractivity (Wildman–Crippen MR) is 98.1 cm³/mol. The fraction of sp³-hybridized carbons (Fsp3) is 0.278. The van der Waals surface area contributed by atoms with Crippen LogP contribution in [-0.4, -0.2) is 36.8 Å². The molecule has 1 atom stereocenters. The number of aryl methyl sites for hydroxylation is 1. The van der Waals surface area contributed by atoms with Crippen molar-refractivity contribution in [3.05, 3.63) is 69.8 Å². The second kappa shape index (κ2) is 6.87. The van der Waals surface area contributed by atoms with E-state index >= 15 is 0 Å². The van der Waals surface area contributed by atoms with Gasteiger partial charge in [-0.1, -0.05) is 12.1 Å². The molecule has 8 heteroatoms. The number of nitro groups is 1. The lowest BCUT2D eigenvalue weighted by atomic mass is 10.1. The molecule has 1 saturated heterocycles. The summed E-state index contributed by atoms with van der Waals surface area (Å²) < 4.78 is 23.8. The second-order valence-electron chi connectivity index (χ2n) is 6.38. The minimum atomic E-state index is -3.18. The number of sulfone groups is 1. The molecule has 3 rings (SSSR count). The van der Waals surface area contributed by atoms with Crippen LogP contribution in [0.2, 0.25) is 0 Å². The van der Waals surface area contributed by atoms with Gasteiger partial charge in [0.1, 0.15) is 0 Å². The van der Waals surface area contributed by atoms with Crippen molar-refractivity contribution in [2.24, 2.45) is 0 Å². The second-order valence-corrected chi connectivity index (χ2v) is 8.60. The Balaban J connectivity index is 1.99. The number of hydrogen-bond donors (Lipinski definition) is 0. The smallest absolute Gasteiger partial charge is 0.269 e. The van der Waals surface area contributed by atoms with Crippen LogP contribution in [0.5, 0.6) is 0 Å². The fourth-order valence-electron chi connectivity index (χ4n) is 3.12. The standard InChI is InChI=1S/C18H18N2O5S/c1-13-3-2-4-16(11-13)19(17-9-10-26(24,25)12-17)18(21)14-5-7-15(8-6-14)20(22)23/h2-8,11,17H,9-10,12H2,1H3. The molecule has 0 bridgehead atoms. The lowest BCUT2D eigenvalue weighted by Gasteiger charge is -2.28. The summed E-state index contributed by atoms with van der Waals surface area (Å²) in [4.78, 5) is 24.9. The average molecular weight is 374 g/mol. The first kappa shape index (κ1) is 18.1. The summed E-state index contributed by atoms with van der Waals surface area (Å²) in [7, 11) is -3.18. The number of amides is 1. The molecular weight excluding hydrogens is 356 g/mol. The van der Waals surface area contributed by atoms with Crippen LogP contribution < -0.4 is 4.90 Å². The van der Waals surface area contributed by atoms with Crippen molar-refractivity contribution >= 4 is 27.1 Å². The monoisotopic (exact) mass is 374 g/mol. The normalized spacial score (nSPS) is 18.4. The third-order valence-electron chi connectivity index (χ3n) is 4.40. The van der Waals surface area contributed by atoms with Crippen LogP contribution in [0.25, 0.3) is 0 Å². The lowest BCUT2D eigenvalue weighted by Crippen LogP contribution is -2.41. The highest BCUT2D eigenvalue weighted by atomic mass is 32.2. The van der Waals surface area contributed by atoms with Gasteiger partial charge in [-0.15, -0.1) is 0 Å². The fourth-order valence-corrected chi connectivity index (χ4v) is 4.82. The molecule has 2 aromatic carbocycles. The summed E-state index contributed by atoms with van der Waals surface area (Å²) in [5.41, 5.74) is 1.74. The maximum atomic E-state index is 13.1. The van der Waals surface area contributed by atoms with Gasteiger partial charge in [0.15, 0.2) is 9.84 Å². The molecule has 1 aliphatic rings. The van der Waals surface area contributed by atoms with Crippen LogP contribution in [0.1, 0.15) is 22.3 Å². The molecule has 2 aromatic rings. The molecule has 26 heavy (non-hydrogen) atoms. The molecule has 1 unspecified atom stereocenters. The molecule has 1 fully saturated rings. The average Bonchev–Trinajstić information content (AvgIpc) is 2.94. The van der Waals surface area contributed by atoms with Gasteiger partial charge in [0, 0.05) is 23.4 Å². The van der Waals surface area contributed by atoms with Crippen molar-refractivity contribution in [1.82, 2.24) is 0 Å². The third-order valence-corrected chi connectivity index (χ3v) is 6.15. The van der Waals surface area contributed by atoms with Crippen molar-refractivity contribution in [1.29, 1.82) is 0 Å². The van der Waals surface area contributed by atoms with Crippen LogP contribution >= 0.6 is 0 Å². The lowest BCUT2D eigenvalue weighted by molar-refractivity contribution is -0.384. The van der Waals surface area contributed by atoms with Gasteiger partial charge in [-0.25, -0.2) is 8.42 Å². The Kier molecular flexibility index (Phi) is 4.78. The van der Waals surface area contributed by atoms with Gasteiger partial charge in [0.05, 0.1) is 22.5 Å². The molecule has 7 nitrogen and oxygen atoms in total. The molecule has 0 saturated carbocycles. The molecule has 0 radical (unpaired) electrons. The molecule has 0 aromatic heterocycles. The van der Waals surface area contributed by atoms with E-state index in [9.17, 15) is 23.3 Å². The first-order valence-corrected chi connectivity index (χ1v) is 9.94. The number of nitro benzene ring substituents is 1.